The van der Waals surface area contributed by atoms with E-state index in [1.807, 2.05) is 38.1 Å². The van der Waals surface area contributed by atoms with Gasteiger partial charge in [-0.1, -0.05) is 0 Å². The normalized spacial score (nSPS) is 10.8. The average Bonchev–Trinajstić information content (AvgIpc) is 2.78. The SMILES string of the molecule is CC(C)Oc1ccc(-c2nc(CO)ns2)cc1. The van der Waals surface area contributed by atoms with Crippen LogP contribution in [0.25, 0.3) is 10.6 Å². The minimum Gasteiger partial charge on any atom is -0.491 e. The molecule has 1 aromatic heterocycles. The highest BCUT2D eigenvalue weighted by molar-refractivity contribution is 7.09. The van der Waals surface area contributed by atoms with Crippen LogP contribution in [0.5, 0.6) is 5.75 Å². The van der Waals surface area contributed by atoms with Crippen molar-refractivity contribution in [2.24, 2.45) is 0 Å². The third-order valence-electron chi connectivity index (χ3n) is 2.08. The lowest BCUT2D eigenvalue weighted by atomic mass is 10.2. The largest absolute Gasteiger partial charge is 0.491 e. The second-order valence-electron chi connectivity index (χ2n) is 3.86. The summed E-state index contributed by atoms with van der Waals surface area (Å²) in [7, 11) is 0. The van der Waals surface area contributed by atoms with E-state index in [0.717, 1.165) is 16.3 Å². The van der Waals surface area contributed by atoms with Crippen LogP contribution in [0.1, 0.15) is 19.7 Å². The summed E-state index contributed by atoms with van der Waals surface area (Å²) in [6.07, 6.45) is 0.170. The van der Waals surface area contributed by atoms with Crippen molar-refractivity contribution in [1.29, 1.82) is 0 Å². The van der Waals surface area contributed by atoms with E-state index in [-0.39, 0.29) is 12.7 Å². The standard InChI is InChI=1S/C12H14N2O2S/c1-8(2)16-10-5-3-9(4-6-10)12-13-11(7-15)14-17-12/h3-6,8,15H,7H2,1-2H3. The number of aliphatic hydroxyl groups is 1. The molecule has 0 aliphatic heterocycles. The summed E-state index contributed by atoms with van der Waals surface area (Å²) in [6.45, 7) is 3.86. The Balaban J connectivity index is 2.17. The molecule has 1 N–H and O–H groups in total. The molecule has 17 heavy (non-hydrogen) atoms. The van der Waals surface area contributed by atoms with Gasteiger partial charge in [0.1, 0.15) is 17.4 Å². The van der Waals surface area contributed by atoms with Gasteiger partial charge in [0, 0.05) is 5.56 Å². The van der Waals surface area contributed by atoms with Crippen molar-refractivity contribution in [3.05, 3.63) is 30.1 Å². The van der Waals surface area contributed by atoms with Crippen LogP contribution in [0.15, 0.2) is 24.3 Å². The minimum absolute atomic E-state index is 0.120. The second-order valence-corrected chi connectivity index (χ2v) is 4.62. The number of ether oxygens (including phenoxy) is 1. The van der Waals surface area contributed by atoms with Gasteiger partial charge >= 0.3 is 0 Å². The van der Waals surface area contributed by atoms with E-state index in [1.165, 1.54) is 11.5 Å². The minimum atomic E-state index is -0.120. The Bertz CT molecular complexity index is 480. The summed E-state index contributed by atoms with van der Waals surface area (Å²) in [5.74, 6) is 1.31. The first kappa shape index (κ1) is 12.0. The Morgan fingerprint density at radius 1 is 1.29 bits per heavy atom. The number of hydrogen-bond acceptors (Lipinski definition) is 5. The Morgan fingerprint density at radius 3 is 2.53 bits per heavy atom. The van der Waals surface area contributed by atoms with Crippen LogP contribution in [-0.2, 0) is 6.61 Å². The van der Waals surface area contributed by atoms with E-state index >= 15 is 0 Å². The van der Waals surface area contributed by atoms with Crippen LogP contribution in [0.2, 0.25) is 0 Å². The van der Waals surface area contributed by atoms with Crippen LogP contribution in [0.4, 0.5) is 0 Å². The molecule has 0 radical (unpaired) electrons. The molecule has 2 aromatic rings. The zero-order valence-electron chi connectivity index (χ0n) is 9.75. The van der Waals surface area contributed by atoms with Gasteiger partial charge < -0.3 is 9.84 Å². The van der Waals surface area contributed by atoms with Crippen LogP contribution in [0, 0.1) is 0 Å². The molecule has 0 aliphatic carbocycles. The maximum absolute atomic E-state index is 8.90. The summed E-state index contributed by atoms with van der Waals surface area (Å²) in [4.78, 5) is 4.21. The number of nitrogens with zero attached hydrogens (tertiary/aromatic N) is 2. The monoisotopic (exact) mass is 250 g/mol. The lowest BCUT2D eigenvalue weighted by Gasteiger charge is -2.09. The highest BCUT2D eigenvalue weighted by Gasteiger charge is 2.06. The molecule has 2 rings (SSSR count). The fraction of sp³-hybridized carbons (Fsp3) is 0.333. The van der Waals surface area contributed by atoms with Gasteiger partial charge in [-0.25, -0.2) is 4.98 Å². The van der Waals surface area contributed by atoms with Crippen LogP contribution >= 0.6 is 11.5 Å². The third-order valence-corrected chi connectivity index (χ3v) is 2.88. The summed E-state index contributed by atoms with van der Waals surface area (Å²) < 4.78 is 9.59. The van der Waals surface area contributed by atoms with Gasteiger partial charge in [-0.05, 0) is 49.6 Å². The van der Waals surface area contributed by atoms with E-state index in [9.17, 15) is 0 Å². The van der Waals surface area contributed by atoms with Crippen molar-refractivity contribution in [2.75, 3.05) is 0 Å². The predicted molar refractivity (Wildman–Crippen MR) is 67.0 cm³/mol. The molecule has 0 amide bonds. The van der Waals surface area contributed by atoms with Gasteiger partial charge in [0.25, 0.3) is 0 Å². The molecule has 1 heterocycles. The molecule has 0 fully saturated rings. The van der Waals surface area contributed by atoms with Crippen molar-refractivity contribution >= 4 is 11.5 Å². The fourth-order valence-electron chi connectivity index (χ4n) is 1.38. The Morgan fingerprint density at radius 2 is 2.00 bits per heavy atom. The molecule has 0 aliphatic rings. The first-order valence-corrected chi connectivity index (χ1v) is 6.17. The molecule has 0 spiro atoms. The maximum atomic E-state index is 8.90. The average molecular weight is 250 g/mol. The topological polar surface area (TPSA) is 55.2 Å². The van der Waals surface area contributed by atoms with E-state index < -0.39 is 0 Å². The van der Waals surface area contributed by atoms with E-state index in [0.29, 0.717) is 5.82 Å². The lowest BCUT2D eigenvalue weighted by Crippen LogP contribution is -2.05. The predicted octanol–water partition coefficient (Wildman–Crippen LogP) is 2.48. The number of benzene rings is 1. The molecule has 0 unspecified atom stereocenters. The van der Waals surface area contributed by atoms with Crippen LogP contribution in [0.3, 0.4) is 0 Å². The molecule has 5 heteroatoms. The number of hydrogen-bond donors (Lipinski definition) is 1. The Hall–Kier alpha value is -1.46. The maximum Gasteiger partial charge on any atom is 0.168 e. The van der Waals surface area contributed by atoms with Crippen molar-refractivity contribution in [1.82, 2.24) is 9.36 Å². The smallest absolute Gasteiger partial charge is 0.168 e. The fourth-order valence-corrected chi connectivity index (χ4v) is 2.06. The van der Waals surface area contributed by atoms with Gasteiger partial charge in [0.05, 0.1) is 6.10 Å². The summed E-state index contributed by atoms with van der Waals surface area (Å²) >= 11 is 1.29. The van der Waals surface area contributed by atoms with Gasteiger partial charge in [-0.3, -0.25) is 0 Å². The molecule has 1 aromatic carbocycles. The summed E-state index contributed by atoms with van der Waals surface area (Å²) in [5, 5.41) is 9.71. The van der Waals surface area contributed by atoms with Crippen LogP contribution in [-0.4, -0.2) is 20.6 Å². The van der Waals surface area contributed by atoms with Gasteiger partial charge in [-0.15, -0.1) is 0 Å². The Kier molecular flexibility index (Phi) is 3.71. The molecule has 0 saturated heterocycles. The quantitative estimate of drug-likeness (QED) is 0.905. The number of rotatable bonds is 4. The van der Waals surface area contributed by atoms with Gasteiger partial charge in [-0.2, -0.15) is 4.37 Å². The zero-order valence-corrected chi connectivity index (χ0v) is 10.6. The number of aromatic nitrogens is 2. The highest BCUT2D eigenvalue weighted by atomic mass is 32.1. The molecular weight excluding hydrogens is 236 g/mol. The molecular formula is C12H14N2O2S. The third kappa shape index (κ3) is 3.01. The summed E-state index contributed by atoms with van der Waals surface area (Å²) in [6, 6.07) is 7.71. The molecule has 90 valence electrons. The van der Waals surface area contributed by atoms with Crippen molar-refractivity contribution in [3.63, 3.8) is 0 Å². The van der Waals surface area contributed by atoms with Crippen molar-refractivity contribution < 1.29 is 9.84 Å². The first-order chi connectivity index (χ1) is 8.19. The van der Waals surface area contributed by atoms with Gasteiger partial charge in [0.2, 0.25) is 0 Å². The molecule has 0 atom stereocenters. The summed E-state index contributed by atoms with van der Waals surface area (Å²) in [5.41, 5.74) is 0.985. The lowest BCUT2D eigenvalue weighted by molar-refractivity contribution is 0.242. The number of aliphatic hydroxyl groups excluding tert-OH is 1. The van der Waals surface area contributed by atoms with E-state index in [1.54, 1.807) is 0 Å². The van der Waals surface area contributed by atoms with Gasteiger partial charge in [0.15, 0.2) is 5.82 Å². The highest BCUT2D eigenvalue weighted by Crippen LogP contribution is 2.24. The second kappa shape index (κ2) is 5.25. The van der Waals surface area contributed by atoms with E-state index in [4.69, 9.17) is 9.84 Å². The first-order valence-electron chi connectivity index (χ1n) is 5.39. The molecule has 0 saturated carbocycles. The van der Waals surface area contributed by atoms with E-state index in [2.05, 4.69) is 9.36 Å². The van der Waals surface area contributed by atoms with Crippen molar-refractivity contribution in [3.8, 4) is 16.3 Å². The molecule has 4 nitrogen and oxygen atoms in total. The Labute approximate surface area is 104 Å². The molecule has 0 bridgehead atoms. The van der Waals surface area contributed by atoms with Crippen LogP contribution < -0.4 is 4.74 Å². The zero-order chi connectivity index (χ0) is 12.3. The van der Waals surface area contributed by atoms with Crippen molar-refractivity contribution in [2.45, 2.75) is 26.6 Å².